The predicted octanol–water partition coefficient (Wildman–Crippen LogP) is 3.86. The molecule has 5 nitrogen and oxygen atoms in total. The number of rotatable bonds is 5. The van der Waals surface area contributed by atoms with Crippen LogP contribution in [0.15, 0.2) is 36.4 Å². The van der Waals surface area contributed by atoms with E-state index in [-0.39, 0.29) is 19.2 Å². The van der Waals surface area contributed by atoms with Gasteiger partial charge in [-0.25, -0.2) is 9.18 Å². The summed E-state index contributed by atoms with van der Waals surface area (Å²) < 4.78 is 34.3. The molecule has 1 heterocycles. The number of esters is 1. The van der Waals surface area contributed by atoms with E-state index in [9.17, 15) is 9.18 Å². The van der Waals surface area contributed by atoms with Crippen molar-refractivity contribution in [1.82, 2.24) is 0 Å². The highest BCUT2D eigenvalue weighted by Gasteiger charge is 2.20. The normalized spacial score (nSPS) is 14.2. The number of carbonyl (C=O) groups excluding carboxylic acids is 1. The van der Waals surface area contributed by atoms with Gasteiger partial charge >= 0.3 is 5.97 Å². The van der Waals surface area contributed by atoms with Crippen LogP contribution in [-0.4, -0.2) is 18.9 Å². The second-order valence-corrected chi connectivity index (χ2v) is 5.92. The van der Waals surface area contributed by atoms with Crippen molar-refractivity contribution in [3.05, 3.63) is 58.4 Å². The molecular weight excluding hydrogens is 351 g/mol. The fraction of sp³-hybridized carbons (Fsp3) is 0.278. The van der Waals surface area contributed by atoms with Crippen molar-refractivity contribution in [1.29, 1.82) is 0 Å². The summed E-state index contributed by atoms with van der Waals surface area (Å²) in [5.74, 6) is 0.0735. The summed E-state index contributed by atoms with van der Waals surface area (Å²) in [6, 6.07) is 8.84. The first-order valence-electron chi connectivity index (χ1n) is 7.63. The summed E-state index contributed by atoms with van der Waals surface area (Å²) in [5, 5.41) is 0.509. The Hall–Kier alpha value is -2.31. The third-order valence-electron chi connectivity index (χ3n) is 3.58. The zero-order valence-corrected chi connectivity index (χ0v) is 14.2. The van der Waals surface area contributed by atoms with Crippen LogP contribution in [0, 0.1) is 5.82 Å². The van der Waals surface area contributed by atoms with Gasteiger partial charge in [0.05, 0.1) is 6.61 Å². The molecular formula is C18H16ClFO5. The van der Waals surface area contributed by atoms with Gasteiger partial charge in [-0.3, -0.25) is 0 Å². The molecule has 0 saturated carbocycles. The molecule has 25 heavy (non-hydrogen) atoms. The lowest BCUT2D eigenvalue weighted by Gasteiger charge is -2.21. The first-order chi connectivity index (χ1) is 12.0. The number of benzene rings is 2. The quantitative estimate of drug-likeness (QED) is 0.752. The van der Waals surface area contributed by atoms with Gasteiger partial charge in [0.15, 0.2) is 12.9 Å². The second-order valence-electron chi connectivity index (χ2n) is 5.49. The largest absolute Gasteiger partial charge is 0.479 e. The van der Waals surface area contributed by atoms with Crippen molar-refractivity contribution in [3.63, 3.8) is 0 Å². The fourth-order valence-electron chi connectivity index (χ4n) is 2.40. The molecule has 0 N–H and O–H groups in total. The maximum absolute atomic E-state index is 12.9. The SMILES string of the molecule is C[C@@H](Oc1ccc(F)cc1)C(=O)OCc1cc(Cl)cc2c1OCOC2. The molecule has 0 amide bonds. The van der Waals surface area contributed by atoms with Crippen molar-refractivity contribution in [3.8, 4) is 11.5 Å². The Labute approximate surface area is 149 Å². The lowest BCUT2D eigenvalue weighted by atomic mass is 10.1. The molecule has 0 spiro atoms. The molecule has 7 heteroatoms. The van der Waals surface area contributed by atoms with E-state index in [1.165, 1.54) is 24.3 Å². The minimum Gasteiger partial charge on any atom is -0.479 e. The fourth-order valence-corrected chi connectivity index (χ4v) is 2.66. The van der Waals surface area contributed by atoms with Gasteiger partial charge in [0.1, 0.15) is 23.9 Å². The van der Waals surface area contributed by atoms with E-state index >= 15 is 0 Å². The number of fused-ring (bicyclic) bond motifs is 1. The van der Waals surface area contributed by atoms with Gasteiger partial charge in [-0.05, 0) is 43.3 Å². The molecule has 0 aliphatic carbocycles. The van der Waals surface area contributed by atoms with E-state index in [1.54, 1.807) is 19.1 Å². The van der Waals surface area contributed by atoms with Gasteiger partial charge in [-0.1, -0.05) is 11.6 Å². The van der Waals surface area contributed by atoms with Gasteiger partial charge in [0, 0.05) is 16.1 Å². The van der Waals surface area contributed by atoms with Gasteiger partial charge in [-0.2, -0.15) is 0 Å². The molecule has 2 aromatic carbocycles. The highest BCUT2D eigenvalue weighted by molar-refractivity contribution is 6.30. The minimum atomic E-state index is -0.843. The molecule has 0 radical (unpaired) electrons. The van der Waals surface area contributed by atoms with Crippen LogP contribution < -0.4 is 9.47 Å². The molecule has 1 atom stereocenters. The Kier molecular flexibility index (Phi) is 5.40. The second kappa shape index (κ2) is 7.72. The van der Waals surface area contributed by atoms with Crippen molar-refractivity contribution in [2.24, 2.45) is 0 Å². The monoisotopic (exact) mass is 366 g/mol. The average Bonchev–Trinajstić information content (AvgIpc) is 2.61. The summed E-state index contributed by atoms with van der Waals surface area (Å²) in [5.41, 5.74) is 1.47. The number of hydrogen-bond donors (Lipinski definition) is 0. The Morgan fingerprint density at radius 1 is 1.32 bits per heavy atom. The van der Waals surface area contributed by atoms with Crippen LogP contribution in [0.3, 0.4) is 0 Å². The number of halogens is 2. The summed E-state index contributed by atoms with van der Waals surface area (Å²) in [6.45, 7) is 2.09. The van der Waals surface area contributed by atoms with E-state index in [0.717, 1.165) is 5.56 Å². The van der Waals surface area contributed by atoms with E-state index in [2.05, 4.69) is 0 Å². The topological polar surface area (TPSA) is 54.0 Å². The van der Waals surface area contributed by atoms with Gasteiger partial charge in [-0.15, -0.1) is 0 Å². The van der Waals surface area contributed by atoms with Crippen LogP contribution in [0.2, 0.25) is 5.02 Å². The predicted molar refractivity (Wildman–Crippen MR) is 88.0 cm³/mol. The minimum absolute atomic E-state index is 0.00115. The van der Waals surface area contributed by atoms with Gasteiger partial charge < -0.3 is 18.9 Å². The molecule has 0 bridgehead atoms. The van der Waals surface area contributed by atoms with Crippen LogP contribution in [0.5, 0.6) is 11.5 Å². The average molecular weight is 367 g/mol. The highest BCUT2D eigenvalue weighted by atomic mass is 35.5. The molecule has 2 aromatic rings. The Bertz CT molecular complexity index is 763. The van der Waals surface area contributed by atoms with E-state index < -0.39 is 12.1 Å². The number of carbonyl (C=O) groups is 1. The van der Waals surface area contributed by atoms with E-state index in [0.29, 0.717) is 28.7 Å². The molecule has 1 aliphatic rings. The Balaban J connectivity index is 1.62. The lowest BCUT2D eigenvalue weighted by Crippen LogP contribution is -2.26. The number of hydrogen-bond acceptors (Lipinski definition) is 5. The third-order valence-corrected chi connectivity index (χ3v) is 3.80. The summed E-state index contributed by atoms with van der Waals surface area (Å²) >= 11 is 6.07. The van der Waals surface area contributed by atoms with Gasteiger partial charge in [0.2, 0.25) is 0 Å². The first kappa shape index (κ1) is 17.5. The zero-order valence-electron chi connectivity index (χ0n) is 13.5. The van der Waals surface area contributed by atoms with Crippen LogP contribution in [0.25, 0.3) is 0 Å². The van der Waals surface area contributed by atoms with Crippen molar-refractivity contribution < 1.29 is 28.1 Å². The number of ether oxygens (including phenoxy) is 4. The maximum Gasteiger partial charge on any atom is 0.347 e. The van der Waals surface area contributed by atoms with Crippen LogP contribution in [0.4, 0.5) is 4.39 Å². The van der Waals surface area contributed by atoms with Crippen LogP contribution >= 0.6 is 11.6 Å². The summed E-state index contributed by atoms with van der Waals surface area (Å²) in [6.07, 6.45) is -0.843. The zero-order chi connectivity index (χ0) is 17.8. The Morgan fingerprint density at radius 3 is 2.84 bits per heavy atom. The van der Waals surface area contributed by atoms with E-state index in [4.69, 9.17) is 30.5 Å². The smallest absolute Gasteiger partial charge is 0.347 e. The van der Waals surface area contributed by atoms with Crippen molar-refractivity contribution >= 4 is 17.6 Å². The Morgan fingerprint density at radius 2 is 2.08 bits per heavy atom. The van der Waals surface area contributed by atoms with Gasteiger partial charge in [0.25, 0.3) is 0 Å². The standard InChI is InChI=1S/C18H16ClFO5/c1-11(25-16-4-2-15(20)3-5-16)18(21)23-9-13-7-14(19)6-12-8-22-10-24-17(12)13/h2-7,11H,8-10H2,1H3/t11-/m1/s1. The first-order valence-corrected chi connectivity index (χ1v) is 8.01. The summed E-state index contributed by atoms with van der Waals surface area (Å²) in [7, 11) is 0. The van der Waals surface area contributed by atoms with E-state index in [1.807, 2.05) is 0 Å². The molecule has 0 aromatic heterocycles. The van der Waals surface area contributed by atoms with Crippen molar-refractivity contribution in [2.75, 3.05) is 6.79 Å². The summed E-state index contributed by atoms with van der Waals surface area (Å²) in [4.78, 5) is 12.1. The molecule has 0 unspecified atom stereocenters. The molecule has 0 saturated heterocycles. The molecule has 132 valence electrons. The van der Waals surface area contributed by atoms with Crippen LogP contribution in [0.1, 0.15) is 18.1 Å². The maximum atomic E-state index is 12.9. The molecule has 1 aliphatic heterocycles. The third kappa shape index (κ3) is 4.41. The van der Waals surface area contributed by atoms with Crippen LogP contribution in [-0.2, 0) is 27.5 Å². The lowest BCUT2D eigenvalue weighted by molar-refractivity contribution is -0.152. The molecule has 3 rings (SSSR count). The molecule has 0 fully saturated rings. The van der Waals surface area contributed by atoms with Crippen molar-refractivity contribution in [2.45, 2.75) is 26.2 Å². The highest BCUT2D eigenvalue weighted by Crippen LogP contribution is 2.32.